The highest BCUT2D eigenvalue weighted by atomic mass is 32.1. The quantitative estimate of drug-likeness (QED) is 0.508. The second kappa shape index (κ2) is 8.32. The standard InChI is InChI=1S/C22H21F4N3O2S/c1-11-9-29(10-12(2)31-11)17-6-4-14(8-16(17)23)27-20(30)19-13(3)15-5-7-18(22(24,25)26)28-21(15)32-19/h4-8,11-12H,9-10H2,1-3H3,(H,27,30). The van der Waals surface area contributed by atoms with E-state index in [0.717, 1.165) is 17.4 Å². The Labute approximate surface area is 186 Å². The third-order valence-electron chi connectivity index (χ3n) is 5.27. The third-order valence-corrected chi connectivity index (χ3v) is 6.47. The number of benzene rings is 1. The van der Waals surface area contributed by atoms with Gasteiger partial charge >= 0.3 is 6.18 Å². The molecule has 3 heterocycles. The first-order valence-corrected chi connectivity index (χ1v) is 10.8. The van der Waals surface area contributed by atoms with E-state index in [4.69, 9.17) is 4.74 Å². The number of anilines is 2. The van der Waals surface area contributed by atoms with E-state index in [9.17, 15) is 22.4 Å². The second-order valence-electron chi connectivity index (χ2n) is 7.89. The minimum Gasteiger partial charge on any atom is -0.372 e. The number of hydrogen-bond acceptors (Lipinski definition) is 5. The van der Waals surface area contributed by atoms with E-state index < -0.39 is 23.6 Å². The Kier molecular flexibility index (Phi) is 5.85. The van der Waals surface area contributed by atoms with Gasteiger partial charge in [-0.1, -0.05) is 0 Å². The fourth-order valence-corrected chi connectivity index (χ4v) is 4.95. The van der Waals surface area contributed by atoms with Crippen LogP contribution in [-0.2, 0) is 10.9 Å². The Morgan fingerprint density at radius 2 is 1.88 bits per heavy atom. The number of nitrogens with zero attached hydrogens (tertiary/aromatic N) is 2. The predicted octanol–water partition coefficient (Wildman–Crippen LogP) is 5.63. The topological polar surface area (TPSA) is 54.5 Å². The van der Waals surface area contributed by atoms with Crippen molar-refractivity contribution in [3.8, 4) is 0 Å². The number of amides is 1. The molecule has 10 heteroatoms. The molecule has 1 amide bonds. The van der Waals surface area contributed by atoms with Gasteiger partial charge in [-0.15, -0.1) is 11.3 Å². The Hall–Kier alpha value is -2.72. The van der Waals surface area contributed by atoms with Crippen LogP contribution in [0.3, 0.4) is 0 Å². The molecule has 3 aromatic rings. The first-order valence-electron chi connectivity index (χ1n) is 10.0. The highest BCUT2D eigenvalue weighted by molar-refractivity contribution is 7.20. The number of alkyl halides is 3. The molecule has 1 aliphatic rings. The Morgan fingerprint density at radius 1 is 1.19 bits per heavy atom. The number of fused-ring (bicyclic) bond motifs is 1. The number of aromatic nitrogens is 1. The maximum absolute atomic E-state index is 14.8. The van der Waals surface area contributed by atoms with Crippen molar-refractivity contribution in [2.45, 2.75) is 39.2 Å². The van der Waals surface area contributed by atoms with Crippen LogP contribution in [-0.4, -0.2) is 36.2 Å². The van der Waals surface area contributed by atoms with Crippen molar-refractivity contribution in [1.82, 2.24) is 4.98 Å². The molecule has 5 nitrogen and oxygen atoms in total. The molecule has 2 unspecified atom stereocenters. The van der Waals surface area contributed by atoms with Crippen molar-refractivity contribution in [3.63, 3.8) is 0 Å². The number of morpholine rings is 1. The Bertz CT molecular complexity index is 1170. The fourth-order valence-electron chi connectivity index (χ4n) is 3.88. The van der Waals surface area contributed by atoms with E-state index in [-0.39, 0.29) is 27.6 Å². The van der Waals surface area contributed by atoms with Crippen molar-refractivity contribution >= 4 is 38.8 Å². The second-order valence-corrected chi connectivity index (χ2v) is 8.88. The van der Waals surface area contributed by atoms with Crippen LogP contribution in [0.4, 0.5) is 28.9 Å². The molecule has 1 aromatic carbocycles. The molecule has 0 bridgehead atoms. The summed E-state index contributed by atoms with van der Waals surface area (Å²) >= 11 is 0.873. The summed E-state index contributed by atoms with van der Waals surface area (Å²) in [5, 5.41) is 3.11. The number of rotatable bonds is 3. The summed E-state index contributed by atoms with van der Waals surface area (Å²) in [5.74, 6) is -1.01. The minimum atomic E-state index is -4.57. The van der Waals surface area contributed by atoms with E-state index in [1.807, 2.05) is 18.7 Å². The Morgan fingerprint density at radius 3 is 2.50 bits per heavy atom. The lowest BCUT2D eigenvalue weighted by Crippen LogP contribution is -2.45. The number of aryl methyl sites for hydroxylation is 1. The number of thiophene rings is 1. The summed E-state index contributed by atoms with van der Waals surface area (Å²) in [4.78, 5) is 18.7. The maximum Gasteiger partial charge on any atom is 0.433 e. The van der Waals surface area contributed by atoms with E-state index in [1.165, 1.54) is 12.1 Å². The van der Waals surface area contributed by atoms with Gasteiger partial charge in [-0.25, -0.2) is 9.37 Å². The summed E-state index contributed by atoms with van der Waals surface area (Å²) in [6.07, 6.45) is -4.62. The molecule has 1 aliphatic heterocycles. The molecule has 32 heavy (non-hydrogen) atoms. The number of nitrogens with one attached hydrogen (secondary N) is 1. The lowest BCUT2D eigenvalue weighted by atomic mass is 10.1. The number of ether oxygens (including phenoxy) is 1. The van der Waals surface area contributed by atoms with Crippen molar-refractivity contribution in [1.29, 1.82) is 0 Å². The van der Waals surface area contributed by atoms with Gasteiger partial charge in [-0.3, -0.25) is 4.79 Å². The third kappa shape index (κ3) is 4.42. The van der Waals surface area contributed by atoms with Gasteiger partial charge in [-0.2, -0.15) is 13.2 Å². The number of halogens is 4. The normalized spacial score (nSPS) is 19.4. The molecular weight excluding hydrogens is 446 g/mol. The molecule has 0 aliphatic carbocycles. The first kappa shape index (κ1) is 22.5. The smallest absolute Gasteiger partial charge is 0.372 e. The van der Waals surface area contributed by atoms with Crippen molar-refractivity contribution in [2.75, 3.05) is 23.3 Å². The van der Waals surface area contributed by atoms with Crippen molar-refractivity contribution in [3.05, 3.63) is 52.3 Å². The van der Waals surface area contributed by atoms with Crippen LogP contribution in [0.15, 0.2) is 30.3 Å². The molecule has 1 saturated heterocycles. The van der Waals surface area contributed by atoms with Gasteiger partial charge in [0.1, 0.15) is 16.3 Å². The van der Waals surface area contributed by atoms with Crippen LogP contribution in [0.5, 0.6) is 0 Å². The van der Waals surface area contributed by atoms with Gasteiger partial charge in [0.2, 0.25) is 0 Å². The molecule has 0 saturated carbocycles. The molecule has 2 atom stereocenters. The molecule has 4 rings (SSSR count). The fraction of sp³-hybridized carbons (Fsp3) is 0.364. The van der Waals surface area contributed by atoms with E-state index in [2.05, 4.69) is 10.3 Å². The lowest BCUT2D eigenvalue weighted by molar-refractivity contribution is -0.140. The largest absolute Gasteiger partial charge is 0.433 e. The summed E-state index contributed by atoms with van der Waals surface area (Å²) in [5.41, 5.74) is 0.193. The van der Waals surface area contributed by atoms with Gasteiger partial charge in [-0.05, 0) is 56.7 Å². The first-order chi connectivity index (χ1) is 15.0. The summed E-state index contributed by atoms with van der Waals surface area (Å²) in [7, 11) is 0. The number of pyridine rings is 1. The molecular formula is C22H21F4N3O2S. The van der Waals surface area contributed by atoms with Crippen LogP contribution < -0.4 is 10.2 Å². The highest BCUT2D eigenvalue weighted by Crippen LogP contribution is 2.35. The summed E-state index contributed by atoms with van der Waals surface area (Å²) < 4.78 is 59.3. The maximum atomic E-state index is 14.8. The minimum absolute atomic E-state index is 0.0278. The summed E-state index contributed by atoms with van der Waals surface area (Å²) in [6, 6.07) is 6.65. The SMILES string of the molecule is Cc1c(C(=O)Nc2ccc(N3CC(C)OC(C)C3)c(F)c2)sc2nc(C(F)(F)F)ccc12. The van der Waals surface area contributed by atoms with Crippen LogP contribution in [0.2, 0.25) is 0 Å². The number of carbonyl (C=O) groups is 1. The van der Waals surface area contributed by atoms with E-state index >= 15 is 0 Å². The van der Waals surface area contributed by atoms with Crippen LogP contribution >= 0.6 is 11.3 Å². The number of hydrogen-bond donors (Lipinski definition) is 1. The van der Waals surface area contributed by atoms with Gasteiger partial charge in [0, 0.05) is 24.2 Å². The van der Waals surface area contributed by atoms with Crippen molar-refractivity contribution in [2.24, 2.45) is 0 Å². The van der Waals surface area contributed by atoms with Crippen LogP contribution in [0.25, 0.3) is 10.2 Å². The molecule has 1 fully saturated rings. The van der Waals surface area contributed by atoms with Gasteiger partial charge in [0.05, 0.1) is 22.8 Å². The van der Waals surface area contributed by atoms with E-state index in [1.54, 1.807) is 19.1 Å². The zero-order chi connectivity index (χ0) is 23.2. The van der Waals surface area contributed by atoms with Crippen molar-refractivity contribution < 1.29 is 27.1 Å². The molecule has 170 valence electrons. The molecule has 2 aromatic heterocycles. The summed E-state index contributed by atoms with van der Waals surface area (Å²) in [6.45, 7) is 6.61. The molecule has 0 radical (unpaired) electrons. The highest BCUT2D eigenvalue weighted by Gasteiger charge is 2.33. The predicted molar refractivity (Wildman–Crippen MR) is 116 cm³/mol. The van der Waals surface area contributed by atoms with E-state index in [0.29, 0.717) is 29.7 Å². The van der Waals surface area contributed by atoms with Crippen LogP contribution in [0, 0.1) is 12.7 Å². The van der Waals surface area contributed by atoms with Crippen LogP contribution in [0.1, 0.15) is 34.8 Å². The zero-order valence-corrected chi connectivity index (χ0v) is 18.4. The average Bonchev–Trinajstić information content (AvgIpc) is 3.03. The van der Waals surface area contributed by atoms with Gasteiger partial charge < -0.3 is 15.0 Å². The Balaban J connectivity index is 1.55. The average molecular weight is 467 g/mol. The zero-order valence-electron chi connectivity index (χ0n) is 17.6. The monoisotopic (exact) mass is 467 g/mol. The molecule has 0 spiro atoms. The van der Waals surface area contributed by atoms with Gasteiger partial charge in [0.25, 0.3) is 5.91 Å². The number of carbonyl (C=O) groups excluding carboxylic acids is 1. The van der Waals surface area contributed by atoms with Gasteiger partial charge in [0.15, 0.2) is 0 Å². The lowest BCUT2D eigenvalue weighted by Gasteiger charge is -2.37. The molecule has 1 N–H and O–H groups in total.